The van der Waals surface area contributed by atoms with E-state index in [0.29, 0.717) is 5.69 Å². The molecule has 1 aromatic rings. The molecule has 0 radical (unpaired) electrons. The number of ether oxygens (including phenoxy) is 1. The predicted octanol–water partition coefficient (Wildman–Crippen LogP) is 3.67. The van der Waals surface area contributed by atoms with Gasteiger partial charge in [0, 0.05) is 19.6 Å². The highest BCUT2D eigenvalue weighted by Gasteiger charge is 2.60. The zero-order valence-electron chi connectivity index (χ0n) is 15.7. The van der Waals surface area contributed by atoms with Crippen molar-refractivity contribution in [3.05, 3.63) is 29.8 Å². The number of rotatable bonds is 5. The topological polar surface area (TPSA) is 66.9 Å². The Kier molecular flexibility index (Phi) is 7.48. The van der Waals surface area contributed by atoms with Crippen LogP contribution in [0, 0.1) is 12.8 Å². The highest BCUT2D eigenvalue weighted by Crippen LogP contribution is 2.36. The van der Waals surface area contributed by atoms with Gasteiger partial charge in [0.25, 0.3) is 6.10 Å². The van der Waals surface area contributed by atoms with E-state index in [4.69, 9.17) is 0 Å². The molecule has 0 aromatic heterocycles. The van der Waals surface area contributed by atoms with Crippen LogP contribution in [0.2, 0.25) is 0 Å². The molecule has 1 fully saturated rings. The van der Waals surface area contributed by atoms with E-state index in [0.717, 1.165) is 14.8 Å². The van der Waals surface area contributed by atoms with Gasteiger partial charge in [0.15, 0.2) is 0 Å². The number of thiol groups is 1. The summed E-state index contributed by atoms with van der Waals surface area (Å²) >= 11 is 0. The third kappa shape index (κ3) is 6.41. The molecule has 2 rings (SSSR count). The Morgan fingerprint density at radius 1 is 1.10 bits per heavy atom. The summed E-state index contributed by atoms with van der Waals surface area (Å²) in [6.07, 6.45) is -17.1. The fourth-order valence-electron chi connectivity index (χ4n) is 3.02. The van der Waals surface area contributed by atoms with E-state index in [1.165, 1.54) is 0 Å². The molecule has 13 heteroatoms. The van der Waals surface area contributed by atoms with E-state index in [9.17, 15) is 39.6 Å². The molecule has 30 heavy (non-hydrogen) atoms. The zero-order chi connectivity index (χ0) is 22.7. The molecular weight excluding hydrogens is 442 g/mol. The molecule has 1 saturated heterocycles. The monoisotopic (exact) mass is 462 g/mol. The molecule has 0 bridgehead atoms. The van der Waals surface area contributed by atoms with E-state index < -0.39 is 35.4 Å². The Morgan fingerprint density at radius 2 is 1.60 bits per heavy atom. The summed E-state index contributed by atoms with van der Waals surface area (Å²) < 4.78 is 103. The predicted molar refractivity (Wildman–Crippen MR) is 95.5 cm³/mol. The lowest BCUT2D eigenvalue weighted by molar-refractivity contribution is -0.308. The third-order valence-corrected chi connectivity index (χ3v) is 5.43. The van der Waals surface area contributed by atoms with Crippen LogP contribution in [-0.4, -0.2) is 57.5 Å². The zero-order valence-corrected chi connectivity index (χ0v) is 16.6. The summed E-state index contributed by atoms with van der Waals surface area (Å²) in [5.41, 5.74) is 1.37. The molecule has 0 N–H and O–H groups in total. The van der Waals surface area contributed by atoms with Crippen molar-refractivity contribution in [3.8, 4) is 0 Å². The Hall–Kier alpha value is -2.18. The van der Waals surface area contributed by atoms with Crippen molar-refractivity contribution in [2.45, 2.75) is 38.2 Å². The van der Waals surface area contributed by atoms with E-state index in [1.807, 2.05) is 6.92 Å². The van der Waals surface area contributed by atoms with Gasteiger partial charge < -0.3 is 9.64 Å². The maximum atomic E-state index is 12.5. The first-order valence-electron chi connectivity index (χ1n) is 8.86. The second-order valence-electron chi connectivity index (χ2n) is 6.93. The number of hydrogen-bond acceptors (Lipinski definition) is 4. The molecule has 0 atom stereocenters. The van der Waals surface area contributed by atoms with Crippen LogP contribution in [0.5, 0.6) is 0 Å². The van der Waals surface area contributed by atoms with Crippen molar-refractivity contribution in [2.24, 2.45) is 5.92 Å². The second kappa shape index (κ2) is 9.31. The van der Waals surface area contributed by atoms with Crippen molar-refractivity contribution >= 4 is 22.7 Å². The Bertz CT molecular complexity index is 780. The van der Waals surface area contributed by atoms with E-state index in [1.54, 1.807) is 24.3 Å². The molecule has 1 heterocycles. The van der Waals surface area contributed by atoms with Crippen molar-refractivity contribution < 1.29 is 44.3 Å². The summed E-state index contributed by atoms with van der Waals surface area (Å²) in [7, 11) is -2.96. The second-order valence-corrected chi connectivity index (χ2v) is 7.89. The van der Waals surface area contributed by atoms with Crippen LogP contribution in [0.25, 0.3) is 0 Å². The lowest BCUT2D eigenvalue weighted by atomic mass is 9.97. The highest BCUT2D eigenvalue weighted by atomic mass is 32.2. The number of piperidine rings is 1. The van der Waals surface area contributed by atoms with Crippen molar-refractivity contribution in [1.29, 1.82) is 0 Å². The summed E-state index contributed by atoms with van der Waals surface area (Å²) in [6.45, 7) is 1.62. The maximum absolute atomic E-state index is 12.5. The number of aryl methyl sites for hydroxylation is 1. The number of carbonyl (C=O) groups excluding carboxylic acids is 1. The van der Waals surface area contributed by atoms with Crippen molar-refractivity contribution in [1.82, 2.24) is 4.90 Å². The van der Waals surface area contributed by atoms with E-state index in [2.05, 4.69) is 4.74 Å². The number of alkyl halides is 6. The van der Waals surface area contributed by atoms with Gasteiger partial charge in [-0.2, -0.15) is 26.3 Å². The van der Waals surface area contributed by atoms with Crippen molar-refractivity contribution in [2.75, 3.05) is 23.9 Å². The number of carbonyl (C=O) groups is 1. The van der Waals surface area contributed by atoms with Crippen molar-refractivity contribution in [3.63, 3.8) is 0 Å². The van der Waals surface area contributed by atoms with Gasteiger partial charge in [-0.15, -0.1) is 0 Å². The number of hydrogen-bond donors (Lipinski definition) is 1. The fraction of sp³-hybridized carbons (Fsp3) is 0.588. The van der Waals surface area contributed by atoms with Gasteiger partial charge in [-0.1, -0.05) is 17.7 Å². The third-order valence-electron chi connectivity index (χ3n) is 4.65. The standard InChI is InChI=1S/C17H20F6N2O4S/c1-11-2-4-13(5-3-11)25(30(27)28)10-12-6-8-24(9-7-12)15(26)29-14(16(18,19)20)17(21,22)23/h2-5,12,14,30H,6-10H2,1H3. The molecule has 0 unspecified atom stereocenters. The van der Waals surface area contributed by atoms with Crippen LogP contribution in [0.3, 0.4) is 0 Å². The number of amides is 1. The minimum absolute atomic E-state index is 0.0817. The van der Waals surface area contributed by atoms with E-state index in [-0.39, 0.29) is 38.4 Å². The van der Waals surface area contributed by atoms with Gasteiger partial charge in [-0.05, 0) is 37.8 Å². The van der Waals surface area contributed by atoms with Crippen LogP contribution in [0.15, 0.2) is 24.3 Å². The summed E-state index contributed by atoms with van der Waals surface area (Å²) in [6, 6.07) is 6.72. The molecule has 1 aromatic carbocycles. The normalized spacial score (nSPS) is 16.2. The molecule has 0 aliphatic carbocycles. The molecule has 1 aliphatic rings. The summed E-state index contributed by atoms with van der Waals surface area (Å²) in [5, 5.41) is 0. The molecule has 6 nitrogen and oxygen atoms in total. The Balaban J connectivity index is 1.96. The number of benzene rings is 1. The quantitative estimate of drug-likeness (QED) is 0.536. The van der Waals surface area contributed by atoms with Crippen LogP contribution in [0.4, 0.5) is 36.8 Å². The largest absolute Gasteiger partial charge is 0.434 e. The molecule has 0 saturated carbocycles. The molecule has 1 aliphatic heterocycles. The maximum Gasteiger partial charge on any atom is 0.434 e. The highest BCUT2D eigenvalue weighted by molar-refractivity contribution is 7.74. The van der Waals surface area contributed by atoms with E-state index >= 15 is 0 Å². The average Bonchev–Trinajstić information content (AvgIpc) is 2.63. The Labute approximate surface area is 170 Å². The van der Waals surface area contributed by atoms with Gasteiger partial charge in [0.1, 0.15) is 0 Å². The van der Waals surface area contributed by atoms with Gasteiger partial charge in [-0.25, -0.2) is 13.2 Å². The first-order valence-corrected chi connectivity index (χ1v) is 9.99. The van der Waals surface area contributed by atoms with Gasteiger partial charge >= 0.3 is 18.4 Å². The molecule has 0 spiro atoms. The van der Waals surface area contributed by atoms with Crippen LogP contribution >= 0.6 is 0 Å². The lowest BCUT2D eigenvalue weighted by Gasteiger charge is -2.34. The first-order chi connectivity index (χ1) is 13.8. The summed E-state index contributed by atoms with van der Waals surface area (Å²) in [5.74, 6) is -0.232. The first kappa shape index (κ1) is 24.1. The van der Waals surface area contributed by atoms with Crippen LogP contribution in [-0.2, 0) is 15.6 Å². The van der Waals surface area contributed by atoms with Crippen LogP contribution < -0.4 is 4.31 Å². The molecule has 170 valence electrons. The minimum atomic E-state index is -5.78. The Morgan fingerprint density at radius 3 is 2.03 bits per heavy atom. The smallest absolute Gasteiger partial charge is 0.426 e. The number of halogens is 6. The number of anilines is 1. The average molecular weight is 462 g/mol. The molecule has 1 amide bonds. The van der Waals surface area contributed by atoms with Crippen LogP contribution in [0.1, 0.15) is 18.4 Å². The molecular formula is C17H20F6N2O4S. The number of likely N-dealkylation sites (tertiary alicyclic amines) is 1. The minimum Gasteiger partial charge on any atom is -0.426 e. The van der Waals surface area contributed by atoms with Gasteiger partial charge in [-0.3, -0.25) is 4.31 Å². The summed E-state index contributed by atoms with van der Waals surface area (Å²) in [4.78, 5) is 12.5. The lowest BCUT2D eigenvalue weighted by Crippen LogP contribution is -2.49. The SMILES string of the molecule is Cc1ccc(N(CC2CCN(C(=O)OC(C(F)(F)F)C(F)(F)F)CC2)[SH](=O)=O)cc1. The van der Waals surface area contributed by atoms with Gasteiger partial charge in [0.2, 0.25) is 10.9 Å². The van der Waals surface area contributed by atoms with Gasteiger partial charge in [0.05, 0.1) is 5.69 Å². The fourth-order valence-corrected chi connectivity index (χ4v) is 3.71. The number of nitrogens with zero attached hydrogens (tertiary/aromatic N) is 2.